The van der Waals surface area contributed by atoms with E-state index < -0.39 is 10.0 Å². The maximum atomic E-state index is 13.1. The second-order valence-corrected chi connectivity index (χ2v) is 9.59. The largest absolute Gasteiger partial charge is 0.419 e. The molecule has 0 amide bonds. The average molecular weight is 459 g/mol. The first-order chi connectivity index (χ1) is 13.3. The predicted molar refractivity (Wildman–Crippen MR) is 107 cm³/mol. The van der Waals surface area contributed by atoms with Crippen molar-refractivity contribution in [3.63, 3.8) is 0 Å². The molecule has 1 heterocycles. The fourth-order valence-corrected chi connectivity index (χ4v) is 5.23. The van der Waals surface area contributed by atoms with Crippen LogP contribution >= 0.6 is 34.8 Å². The fourth-order valence-electron chi connectivity index (χ4n) is 2.75. The van der Waals surface area contributed by atoms with Crippen molar-refractivity contribution in [3.05, 3.63) is 63.4 Å². The van der Waals surface area contributed by atoms with Gasteiger partial charge >= 0.3 is 0 Å². The van der Waals surface area contributed by atoms with Gasteiger partial charge in [-0.3, -0.25) is 0 Å². The lowest BCUT2D eigenvalue weighted by Gasteiger charge is -2.20. The van der Waals surface area contributed by atoms with Gasteiger partial charge in [-0.2, -0.15) is 4.31 Å². The highest BCUT2D eigenvalue weighted by atomic mass is 35.5. The highest BCUT2D eigenvalue weighted by molar-refractivity contribution is 7.89. The van der Waals surface area contributed by atoms with Crippen LogP contribution in [0.3, 0.4) is 0 Å². The van der Waals surface area contributed by atoms with Gasteiger partial charge in [0.15, 0.2) is 0 Å². The highest BCUT2D eigenvalue weighted by Gasteiger charge is 2.39. The molecule has 0 unspecified atom stereocenters. The van der Waals surface area contributed by atoms with Gasteiger partial charge in [0, 0.05) is 26.7 Å². The zero-order valence-corrected chi connectivity index (χ0v) is 17.4. The van der Waals surface area contributed by atoms with E-state index in [0.717, 1.165) is 12.8 Å². The van der Waals surface area contributed by atoms with Crippen molar-refractivity contribution in [2.75, 3.05) is 0 Å². The lowest BCUT2D eigenvalue weighted by Crippen LogP contribution is -2.32. The molecule has 2 aromatic carbocycles. The summed E-state index contributed by atoms with van der Waals surface area (Å²) < 4.78 is 33.3. The smallest absolute Gasteiger partial charge is 0.247 e. The van der Waals surface area contributed by atoms with Crippen LogP contribution in [-0.4, -0.2) is 29.0 Å². The quantitative estimate of drug-likeness (QED) is 0.516. The Morgan fingerprint density at radius 2 is 1.61 bits per heavy atom. The number of aromatic nitrogens is 2. The molecule has 1 fully saturated rings. The van der Waals surface area contributed by atoms with E-state index in [2.05, 4.69) is 10.2 Å². The van der Waals surface area contributed by atoms with Crippen molar-refractivity contribution in [3.8, 4) is 11.5 Å². The van der Waals surface area contributed by atoms with Gasteiger partial charge in [-0.05, 0) is 55.3 Å². The van der Waals surface area contributed by atoms with E-state index in [0.29, 0.717) is 16.5 Å². The average Bonchev–Trinajstić information content (AvgIpc) is 3.37. The second kappa shape index (κ2) is 7.65. The van der Waals surface area contributed by atoms with Crippen molar-refractivity contribution in [2.45, 2.75) is 30.3 Å². The van der Waals surface area contributed by atoms with E-state index in [1.165, 1.54) is 22.5 Å². The Morgan fingerprint density at radius 1 is 0.964 bits per heavy atom. The van der Waals surface area contributed by atoms with Crippen LogP contribution in [0.4, 0.5) is 0 Å². The van der Waals surface area contributed by atoms with E-state index in [4.69, 9.17) is 39.2 Å². The molecule has 10 heteroatoms. The molecule has 0 atom stereocenters. The third-order valence-corrected chi connectivity index (χ3v) is 6.81. The molecule has 0 bridgehead atoms. The lowest BCUT2D eigenvalue weighted by molar-refractivity contribution is 0.351. The molecule has 0 spiro atoms. The SMILES string of the molecule is O=S(=O)(c1cc(Cl)cc(Cl)c1)N(Cc1nnc(-c2ccc(Cl)cc2)o1)C1CC1. The summed E-state index contributed by atoms with van der Waals surface area (Å²) >= 11 is 17.8. The highest BCUT2D eigenvalue weighted by Crippen LogP contribution is 2.35. The molecule has 0 radical (unpaired) electrons. The Bertz CT molecular complexity index is 1090. The van der Waals surface area contributed by atoms with Crippen LogP contribution in [0.15, 0.2) is 51.8 Å². The van der Waals surface area contributed by atoms with Crippen molar-refractivity contribution in [1.29, 1.82) is 0 Å². The van der Waals surface area contributed by atoms with Crippen LogP contribution in [0.1, 0.15) is 18.7 Å². The maximum Gasteiger partial charge on any atom is 0.247 e. The molecular formula is C18H14Cl3N3O3S. The first-order valence-corrected chi connectivity index (χ1v) is 11.0. The Kier molecular flexibility index (Phi) is 5.37. The minimum absolute atomic E-state index is 0.0300. The monoisotopic (exact) mass is 457 g/mol. The molecule has 0 aliphatic heterocycles. The van der Waals surface area contributed by atoms with Crippen LogP contribution in [0.5, 0.6) is 0 Å². The van der Waals surface area contributed by atoms with Gasteiger partial charge in [0.25, 0.3) is 0 Å². The van der Waals surface area contributed by atoms with Crippen molar-refractivity contribution >= 4 is 44.8 Å². The summed E-state index contributed by atoms with van der Waals surface area (Å²) in [6.45, 7) is -0.0300. The zero-order valence-electron chi connectivity index (χ0n) is 14.3. The number of hydrogen-bond acceptors (Lipinski definition) is 5. The molecule has 3 aromatic rings. The van der Waals surface area contributed by atoms with Gasteiger partial charge in [0.05, 0.1) is 11.4 Å². The van der Waals surface area contributed by atoms with Crippen molar-refractivity contribution in [1.82, 2.24) is 14.5 Å². The summed E-state index contributed by atoms with van der Waals surface area (Å²) in [5, 5.41) is 9.11. The Morgan fingerprint density at radius 3 is 2.21 bits per heavy atom. The molecule has 0 N–H and O–H groups in total. The summed E-state index contributed by atoms with van der Waals surface area (Å²) in [6.07, 6.45) is 1.54. The van der Waals surface area contributed by atoms with Gasteiger partial charge in [0.1, 0.15) is 0 Å². The number of nitrogens with zero attached hydrogens (tertiary/aromatic N) is 3. The Balaban J connectivity index is 1.62. The van der Waals surface area contributed by atoms with Crippen LogP contribution in [-0.2, 0) is 16.6 Å². The van der Waals surface area contributed by atoms with Crippen LogP contribution in [0, 0.1) is 0 Å². The summed E-state index contributed by atoms with van der Waals surface area (Å²) in [5.74, 6) is 0.499. The summed E-state index contributed by atoms with van der Waals surface area (Å²) in [5.41, 5.74) is 0.700. The predicted octanol–water partition coefficient (Wildman–Crippen LogP) is 5.05. The minimum Gasteiger partial charge on any atom is -0.419 e. The second-order valence-electron chi connectivity index (χ2n) is 6.39. The Hall–Kier alpha value is -1.64. The van der Waals surface area contributed by atoms with E-state index >= 15 is 0 Å². The fraction of sp³-hybridized carbons (Fsp3) is 0.222. The van der Waals surface area contributed by atoms with E-state index in [9.17, 15) is 8.42 Å². The molecule has 1 aromatic heterocycles. The lowest BCUT2D eigenvalue weighted by atomic mass is 10.2. The van der Waals surface area contributed by atoms with E-state index in [-0.39, 0.29) is 33.4 Å². The molecule has 1 aliphatic rings. The number of halogens is 3. The molecule has 1 aliphatic carbocycles. The van der Waals surface area contributed by atoms with Crippen LogP contribution in [0.25, 0.3) is 11.5 Å². The van der Waals surface area contributed by atoms with Gasteiger partial charge in [0.2, 0.25) is 21.8 Å². The van der Waals surface area contributed by atoms with Crippen LogP contribution < -0.4 is 0 Å². The molecule has 146 valence electrons. The molecule has 6 nitrogen and oxygen atoms in total. The number of benzene rings is 2. The summed E-state index contributed by atoms with van der Waals surface area (Å²) in [7, 11) is -3.82. The number of sulfonamides is 1. The standard InChI is InChI=1S/C18H14Cl3N3O3S/c19-12-3-1-11(2-4-12)18-23-22-17(27-18)10-24(15-5-6-15)28(25,26)16-8-13(20)7-14(21)9-16/h1-4,7-9,15H,5-6,10H2. The van der Waals surface area contributed by atoms with E-state index in [1.54, 1.807) is 24.3 Å². The van der Waals surface area contributed by atoms with E-state index in [1.807, 2.05) is 0 Å². The normalized spacial score (nSPS) is 14.6. The maximum absolute atomic E-state index is 13.1. The first kappa shape index (κ1) is 19.7. The minimum atomic E-state index is -3.82. The Labute approximate surface area is 177 Å². The summed E-state index contributed by atoms with van der Waals surface area (Å²) in [6, 6.07) is 11.1. The third-order valence-electron chi connectivity index (χ3n) is 4.25. The third kappa shape index (κ3) is 4.18. The van der Waals surface area contributed by atoms with Gasteiger partial charge in [-0.1, -0.05) is 34.8 Å². The van der Waals surface area contributed by atoms with Gasteiger partial charge in [-0.15, -0.1) is 10.2 Å². The first-order valence-electron chi connectivity index (χ1n) is 8.39. The zero-order chi connectivity index (χ0) is 19.9. The molecular weight excluding hydrogens is 445 g/mol. The molecule has 4 rings (SSSR count). The van der Waals surface area contributed by atoms with Gasteiger partial charge in [-0.25, -0.2) is 8.42 Å². The topological polar surface area (TPSA) is 76.3 Å². The van der Waals surface area contributed by atoms with Crippen molar-refractivity contribution < 1.29 is 12.8 Å². The molecule has 0 saturated heterocycles. The van der Waals surface area contributed by atoms with Gasteiger partial charge < -0.3 is 4.42 Å². The van der Waals surface area contributed by atoms with Crippen molar-refractivity contribution in [2.24, 2.45) is 0 Å². The molecule has 1 saturated carbocycles. The summed E-state index contributed by atoms with van der Waals surface area (Å²) in [4.78, 5) is 0.0364. The number of hydrogen-bond donors (Lipinski definition) is 0. The van der Waals surface area contributed by atoms with Crippen LogP contribution in [0.2, 0.25) is 15.1 Å². The molecule has 28 heavy (non-hydrogen) atoms. The number of rotatable bonds is 6.